The predicted octanol–water partition coefficient (Wildman–Crippen LogP) is 6.08. The van der Waals surface area contributed by atoms with Crippen LogP contribution >= 0.6 is 11.3 Å². The van der Waals surface area contributed by atoms with Gasteiger partial charge in [0.05, 0.1) is 19.1 Å². The van der Waals surface area contributed by atoms with Gasteiger partial charge in [-0.15, -0.1) is 11.3 Å². The van der Waals surface area contributed by atoms with Crippen molar-refractivity contribution in [1.29, 1.82) is 0 Å². The van der Waals surface area contributed by atoms with E-state index in [4.69, 9.17) is 4.74 Å². The molecule has 6 nitrogen and oxygen atoms in total. The van der Waals surface area contributed by atoms with Crippen LogP contribution in [0.4, 0.5) is 5.13 Å². The number of hydrogen-bond acceptors (Lipinski definition) is 5. The summed E-state index contributed by atoms with van der Waals surface area (Å²) in [4.78, 5) is 37.3. The highest BCUT2D eigenvalue weighted by molar-refractivity contribution is 7.13. The van der Waals surface area contributed by atoms with Crippen LogP contribution in [0.5, 0.6) is 5.75 Å². The van der Waals surface area contributed by atoms with E-state index in [0.29, 0.717) is 16.9 Å². The molecular weight excluding hydrogens is 458 g/mol. The maximum absolute atomic E-state index is 13.9. The molecule has 2 heterocycles. The van der Waals surface area contributed by atoms with Crippen LogP contribution in [-0.2, 0) is 11.2 Å². The maximum Gasteiger partial charge on any atom is 0.233 e. The minimum Gasteiger partial charge on any atom is -0.496 e. The van der Waals surface area contributed by atoms with Crippen LogP contribution in [0.15, 0.2) is 54.0 Å². The topological polar surface area (TPSA) is 75.3 Å². The number of fused-ring (bicyclic) bond motifs is 1. The third kappa shape index (κ3) is 4.48. The number of nitrogens with one attached hydrogen (secondary N) is 1. The summed E-state index contributed by atoms with van der Waals surface area (Å²) in [6.45, 7) is 1.96. The molecule has 7 heteroatoms. The van der Waals surface area contributed by atoms with Gasteiger partial charge >= 0.3 is 0 Å². The average Bonchev–Trinajstić information content (AvgIpc) is 3.52. The van der Waals surface area contributed by atoms with Crippen LogP contribution in [0.25, 0.3) is 10.9 Å². The minimum absolute atomic E-state index is 0.0109. The van der Waals surface area contributed by atoms with E-state index in [0.717, 1.165) is 53.0 Å². The van der Waals surface area contributed by atoms with Crippen LogP contribution in [0.2, 0.25) is 0 Å². The Bertz CT molecular complexity index is 1340. The number of thiazole rings is 1. The molecule has 0 atom stereocenters. The van der Waals surface area contributed by atoms with Gasteiger partial charge in [0.25, 0.3) is 0 Å². The molecule has 180 valence electrons. The molecule has 35 heavy (non-hydrogen) atoms. The fraction of sp³-hybridized carbons (Fsp3) is 0.321. The van der Waals surface area contributed by atoms with Crippen LogP contribution in [0.3, 0.4) is 0 Å². The molecule has 1 aliphatic carbocycles. The molecule has 1 amide bonds. The number of anilines is 1. The molecule has 1 saturated carbocycles. The van der Waals surface area contributed by atoms with Crippen molar-refractivity contribution in [3.63, 3.8) is 0 Å². The van der Waals surface area contributed by atoms with E-state index in [1.807, 2.05) is 47.5 Å². The van der Waals surface area contributed by atoms with Gasteiger partial charge in [0.15, 0.2) is 10.9 Å². The van der Waals surface area contributed by atoms with E-state index < -0.39 is 0 Å². The van der Waals surface area contributed by atoms with Crippen molar-refractivity contribution in [2.75, 3.05) is 12.0 Å². The van der Waals surface area contributed by atoms with Crippen LogP contribution < -0.4 is 9.64 Å². The molecule has 4 aromatic rings. The number of hydrogen-bond donors (Lipinski definition) is 1. The number of H-pyrrole nitrogens is 1. The van der Waals surface area contributed by atoms with Crippen molar-refractivity contribution >= 4 is 39.1 Å². The van der Waals surface area contributed by atoms with E-state index in [2.05, 4.69) is 9.97 Å². The van der Waals surface area contributed by atoms with Crippen molar-refractivity contribution in [2.45, 2.75) is 51.5 Å². The van der Waals surface area contributed by atoms with Crippen LogP contribution in [0.1, 0.15) is 59.3 Å². The molecule has 0 saturated heterocycles. The lowest BCUT2D eigenvalue weighted by molar-refractivity contribution is -0.118. The van der Waals surface area contributed by atoms with Crippen molar-refractivity contribution < 1.29 is 14.3 Å². The smallest absolute Gasteiger partial charge is 0.233 e. The lowest BCUT2D eigenvalue weighted by atomic mass is 9.93. The first-order valence-corrected chi connectivity index (χ1v) is 13.0. The quantitative estimate of drug-likeness (QED) is 0.321. The second kappa shape index (κ2) is 10.0. The zero-order valence-electron chi connectivity index (χ0n) is 20.0. The normalized spacial score (nSPS) is 14.2. The van der Waals surface area contributed by atoms with Gasteiger partial charge in [-0.3, -0.25) is 14.5 Å². The van der Waals surface area contributed by atoms with E-state index in [-0.39, 0.29) is 24.2 Å². The molecule has 1 aliphatic rings. The molecule has 0 bridgehead atoms. The van der Waals surface area contributed by atoms with Gasteiger partial charge in [-0.25, -0.2) is 4.98 Å². The minimum atomic E-state index is -0.121. The second-order valence-electron chi connectivity index (χ2n) is 9.04. The molecular formula is C28H29N3O3S. The van der Waals surface area contributed by atoms with E-state index in [1.54, 1.807) is 25.4 Å². The Morgan fingerprint density at radius 1 is 1.11 bits per heavy atom. The standard InChI is InChI=1S/C28H29N3O3S/c1-18-21(17-24(32)31(28-29-15-16-35-28)20-11-7-4-8-12-20)25-22(30-18)13-14-23(34-2)26(25)27(33)19-9-5-3-6-10-19/h3,5-6,9-10,13-16,20,30H,4,7-8,11-12,17H2,1-2H3. The van der Waals surface area contributed by atoms with Gasteiger partial charge in [-0.05, 0) is 37.5 Å². The largest absolute Gasteiger partial charge is 0.496 e. The summed E-state index contributed by atoms with van der Waals surface area (Å²) in [7, 11) is 1.57. The molecule has 0 aliphatic heterocycles. The second-order valence-corrected chi connectivity index (χ2v) is 9.91. The van der Waals surface area contributed by atoms with E-state index in [9.17, 15) is 9.59 Å². The van der Waals surface area contributed by atoms with E-state index in [1.165, 1.54) is 17.8 Å². The molecule has 0 spiro atoms. The lowest BCUT2D eigenvalue weighted by Gasteiger charge is -2.32. The lowest BCUT2D eigenvalue weighted by Crippen LogP contribution is -2.42. The third-order valence-electron chi connectivity index (χ3n) is 6.89. The van der Waals surface area contributed by atoms with Gasteiger partial charge in [-0.2, -0.15) is 0 Å². The number of carbonyl (C=O) groups excluding carboxylic acids is 2. The first kappa shape index (κ1) is 23.3. The van der Waals surface area contributed by atoms with Crippen molar-refractivity contribution in [2.24, 2.45) is 0 Å². The molecule has 0 radical (unpaired) electrons. The number of aromatic amines is 1. The number of ether oxygens (including phenoxy) is 1. The molecule has 5 rings (SSSR count). The third-order valence-corrected chi connectivity index (χ3v) is 7.66. The summed E-state index contributed by atoms with van der Waals surface area (Å²) in [5.41, 5.74) is 3.61. The summed E-state index contributed by atoms with van der Waals surface area (Å²) in [5, 5.41) is 3.42. The Morgan fingerprint density at radius 2 is 1.89 bits per heavy atom. The molecule has 2 aromatic carbocycles. The maximum atomic E-state index is 13.9. The number of benzene rings is 2. The number of aryl methyl sites for hydroxylation is 1. The van der Waals surface area contributed by atoms with Crippen molar-refractivity contribution in [1.82, 2.24) is 9.97 Å². The Kier molecular flexibility index (Phi) is 6.68. The molecule has 1 fully saturated rings. The zero-order chi connectivity index (χ0) is 24.4. The first-order valence-electron chi connectivity index (χ1n) is 12.1. The fourth-order valence-electron chi connectivity index (χ4n) is 5.19. The summed E-state index contributed by atoms with van der Waals surface area (Å²) in [5.74, 6) is 0.393. The summed E-state index contributed by atoms with van der Waals surface area (Å²) < 4.78 is 5.63. The van der Waals surface area contributed by atoms with Crippen molar-refractivity contribution in [3.8, 4) is 5.75 Å². The summed E-state index contributed by atoms with van der Waals surface area (Å²) in [6, 6.07) is 13.1. The fourth-order valence-corrected chi connectivity index (χ4v) is 5.92. The van der Waals surface area contributed by atoms with Gasteiger partial charge in [-0.1, -0.05) is 49.6 Å². The Morgan fingerprint density at radius 3 is 2.57 bits per heavy atom. The van der Waals surface area contributed by atoms with Gasteiger partial charge in [0, 0.05) is 39.8 Å². The first-order chi connectivity index (χ1) is 17.1. The average molecular weight is 488 g/mol. The Hall–Kier alpha value is -3.45. The Labute approximate surface area is 209 Å². The molecule has 0 unspecified atom stereocenters. The number of nitrogens with zero attached hydrogens (tertiary/aromatic N) is 2. The van der Waals surface area contributed by atoms with Crippen LogP contribution in [0, 0.1) is 6.92 Å². The zero-order valence-corrected chi connectivity index (χ0v) is 20.9. The highest BCUT2D eigenvalue weighted by Crippen LogP contribution is 2.36. The molecule has 2 aromatic heterocycles. The molecule has 1 N–H and O–H groups in total. The van der Waals surface area contributed by atoms with Gasteiger partial charge in [0.2, 0.25) is 5.91 Å². The number of methoxy groups -OCH3 is 1. The number of aromatic nitrogens is 2. The van der Waals surface area contributed by atoms with E-state index >= 15 is 0 Å². The van der Waals surface area contributed by atoms with Gasteiger partial charge in [0.1, 0.15) is 5.75 Å². The predicted molar refractivity (Wildman–Crippen MR) is 140 cm³/mol. The highest BCUT2D eigenvalue weighted by Gasteiger charge is 2.31. The number of carbonyl (C=O) groups is 2. The summed E-state index contributed by atoms with van der Waals surface area (Å²) in [6.07, 6.45) is 7.37. The number of ketones is 1. The Balaban J connectivity index is 1.59. The number of amides is 1. The number of rotatable bonds is 7. The van der Waals surface area contributed by atoms with Crippen molar-refractivity contribution in [3.05, 3.63) is 76.4 Å². The monoisotopic (exact) mass is 487 g/mol. The highest BCUT2D eigenvalue weighted by atomic mass is 32.1. The summed E-state index contributed by atoms with van der Waals surface area (Å²) >= 11 is 1.50. The SMILES string of the molecule is COc1ccc2[nH]c(C)c(CC(=O)N(c3nccs3)C3CCCCC3)c2c1C(=O)c1ccccc1. The van der Waals surface area contributed by atoms with Crippen LogP contribution in [-0.4, -0.2) is 34.8 Å². The van der Waals surface area contributed by atoms with Gasteiger partial charge < -0.3 is 9.72 Å².